The van der Waals surface area contributed by atoms with Crippen LogP contribution in [0.5, 0.6) is 0 Å². The Morgan fingerprint density at radius 3 is 2.70 bits per heavy atom. The number of nitrogen functional groups attached to an aromatic ring is 1. The summed E-state index contributed by atoms with van der Waals surface area (Å²) >= 11 is 0. The maximum atomic E-state index is 11.5. The largest absolute Gasteiger partial charge is 0.382 e. The van der Waals surface area contributed by atoms with Gasteiger partial charge in [0, 0.05) is 12.6 Å². The van der Waals surface area contributed by atoms with Gasteiger partial charge in [0.05, 0.1) is 17.6 Å². The minimum Gasteiger partial charge on any atom is -0.382 e. The van der Waals surface area contributed by atoms with Gasteiger partial charge in [-0.25, -0.2) is 4.68 Å². The van der Waals surface area contributed by atoms with Crippen molar-refractivity contribution in [1.82, 2.24) is 19.2 Å². The highest BCUT2D eigenvalue weighted by atomic mass is 16.6. The van der Waals surface area contributed by atoms with Crippen LogP contribution in [0.25, 0.3) is 11.3 Å². The van der Waals surface area contributed by atoms with Crippen LogP contribution in [0.4, 0.5) is 17.5 Å². The van der Waals surface area contributed by atoms with Gasteiger partial charge in [0.15, 0.2) is 0 Å². The van der Waals surface area contributed by atoms with E-state index in [1.807, 2.05) is 30.3 Å². The predicted molar refractivity (Wildman–Crippen MR) is 111 cm³/mol. The van der Waals surface area contributed by atoms with Crippen molar-refractivity contribution in [3.05, 3.63) is 76.1 Å². The number of anilines is 2. The molecule has 3 heterocycles. The topological polar surface area (TPSA) is 140 Å². The summed E-state index contributed by atoms with van der Waals surface area (Å²) in [5.74, 6) is 0.393. The van der Waals surface area contributed by atoms with Gasteiger partial charge in [-0.1, -0.05) is 24.3 Å². The number of aromatic nitrogens is 4. The van der Waals surface area contributed by atoms with E-state index in [9.17, 15) is 15.4 Å². The molecule has 0 saturated carbocycles. The quantitative estimate of drug-likeness (QED) is 0.275. The molecular formula is C20H18N8O2. The third kappa shape index (κ3) is 3.40. The predicted octanol–water partition coefficient (Wildman–Crippen LogP) is 2.93. The lowest BCUT2D eigenvalue weighted by Crippen LogP contribution is -2.06. The molecule has 0 unspecified atom stereocenters. The molecule has 4 rings (SSSR count). The molecule has 0 aliphatic carbocycles. The molecule has 0 spiro atoms. The van der Waals surface area contributed by atoms with Crippen molar-refractivity contribution >= 4 is 23.1 Å². The highest BCUT2D eigenvalue weighted by Gasteiger charge is 2.22. The van der Waals surface area contributed by atoms with Crippen LogP contribution in [-0.4, -0.2) is 30.6 Å². The van der Waals surface area contributed by atoms with Gasteiger partial charge in [-0.05, 0) is 36.0 Å². The lowest BCUT2D eigenvalue weighted by molar-refractivity contribution is -0.389. The van der Waals surface area contributed by atoms with Crippen LogP contribution < -0.4 is 11.1 Å². The van der Waals surface area contributed by atoms with Crippen LogP contribution in [0.3, 0.4) is 0 Å². The van der Waals surface area contributed by atoms with Gasteiger partial charge in [-0.2, -0.15) is 19.7 Å². The van der Waals surface area contributed by atoms with Crippen LogP contribution in [-0.2, 0) is 6.42 Å². The van der Waals surface area contributed by atoms with Crippen LogP contribution in [0.1, 0.15) is 17.7 Å². The fourth-order valence-electron chi connectivity index (χ4n) is 3.28. The number of nitrogens with zero attached hydrogens (tertiary/aromatic N) is 6. The second kappa shape index (κ2) is 7.92. The van der Waals surface area contributed by atoms with Crippen molar-refractivity contribution in [2.45, 2.75) is 12.8 Å². The molecule has 10 heteroatoms. The zero-order valence-electron chi connectivity index (χ0n) is 15.9. The Balaban J connectivity index is 1.48. The number of benzene rings is 1. The van der Waals surface area contributed by atoms with Gasteiger partial charge in [0.2, 0.25) is 11.5 Å². The molecule has 0 radical (unpaired) electrons. The second-order valence-electron chi connectivity index (χ2n) is 6.57. The first-order chi connectivity index (χ1) is 14.6. The van der Waals surface area contributed by atoms with E-state index in [-0.39, 0.29) is 11.6 Å². The standard InChI is InChI=1S/C20H18N8O2/c21-13-15-16(25-27(18(15)22)14-7-2-1-3-8-14)9-6-11-23-19-20(28(29)30)26-12-5-4-10-17(26)24-19/h1-5,7-8,10,12,23H,6,9,11,22H2. The van der Waals surface area contributed by atoms with Gasteiger partial charge < -0.3 is 21.2 Å². The van der Waals surface area contributed by atoms with Crippen LogP contribution in [0.2, 0.25) is 0 Å². The van der Waals surface area contributed by atoms with Crippen LogP contribution in [0, 0.1) is 21.4 Å². The summed E-state index contributed by atoms with van der Waals surface area (Å²) in [5, 5.41) is 28.4. The Labute approximate surface area is 171 Å². The van der Waals surface area contributed by atoms with Gasteiger partial charge in [0.1, 0.15) is 17.5 Å². The van der Waals surface area contributed by atoms with Crippen molar-refractivity contribution in [3.63, 3.8) is 0 Å². The van der Waals surface area contributed by atoms with Gasteiger partial charge in [0.25, 0.3) is 0 Å². The zero-order valence-corrected chi connectivity index (χ0v) is 15.9. The van der Waals surface area contributed by atoms with Crippen molar-refractivity contribution in [2.24, 2.45) is 0 Å². The molecule has 30 heavy (non-hydrogen) atoms. The molecule has 0 aliphatic rings. The number of hydrogen-bond acceptors (Lipinski definition) is 7. The summed E-state index contributed by atoms with van der Waals surface area (Å²) in [4.78, 5) is 15.3. The molecule has 0 saturated heterocycles. The SMILES string of the molecule is N#Cc1c(CCCNc2nc3ccccn3c2[N+](=O)[O-])nn(-c2ccccc2)c1N. The Morgan fingerprint density at radius 2 is 1.97 bits per heavy atom. The smallest absolute Gasteiger partial charge is 0.372 e. The third-order valence-corrected chi connectivity index (χ3v) is 4.67. The molecule has 10 nitrogen and oxygen atoms in total. The molecule has 0 aliphatic heterocycles. The summed E-state index contributed by atoms with van der Waals surface area (Å²) in [6.07, 6.45) is 2.68. The van der Waals surface area contributed by atoms with E-state index in [1.165, 1.54) is 4.40 Å². The fourth-order valence-corrected chi connectivity index (χ4v) is 3.28. The van der Waals surface area contributed by atoms with E-state index < -0.39 is 4.92 Å². The highest BCUT2D eigenvalue weighted by Crippen LogP contribution is 2.25. The first-order valence-electron chi connectivity index (χ1n) is 9.28. The summed E-state index contributed by atoms with van der Waals surface area (Å²) < 4.78 is 2.98. The third-order valence-electron chi connectivity index (χ3n) is 4.67. The van der Waals surface area contributed by atoms with E-state index in [0.29, 0.717) is 42.1 Å². The van der Waals surface area contributed by atoms with Crippen molar-refractivity contribution < 1.29 is 4.92 Å². The van der Waals surface area contributed by atoms with E-state index >= 15 is 0 Å². The molecule has 3 aromatic heterocycles. The molecular weight excluding hydrogens is 384 g/mol. The van der Waals surface area contributed by atoms with Crippen molar-refractivity contribution in [3.8, 4) is 11.8 Å². The van der Waals surface area contributed by atoms with Crippen LogP contribution in [0.15, 0.2) is 54.7 Å². The number of pyridine rings is 1. The molecule has 4 aromatic rings. The normalized spacial score (nSPS) is 10.8. The summed E-state index contributed by atoms with van der Waals surface area (Å²) in [6.45, 7) is 0.424. The van der Waals surface area contributed by atoms with E-state index in [2.05, 4.69) is 21.5 Å². The molecule has 150 valence electrons. The average molecular weight is 402 g/mol. The molecule has 0 bridgehead atoms. The number of aryl methyl sites for hydroxylation is 1. The van der Waals surface area contributed by atoms with Gasteiger partial charge in [-0.3, -0.25) is 0 Å². The van der Waals surface area contributed by atoms with Crippen LogP contribution >= 0.6 is 0 Å². The number of nitrogens with one attached hydrogen (secondary N) is 1. The number of imidazole rings is 1. The summed E-state index contributed by atoms with van der Waals surface area (Å²) in [6, 6.07) is 16.7. The number of nitriles is 1. The minimum atomic E-state index is -0.460. The van der Waals surface area contributed by atoms with E-state index in [0.717, 1.165) is 5.69 Å². The Hall–Kier alpha value is -4.39. The molecule has 3 N–H and O–H groups in total. The van der Waals surface area contributed by atoms with Crippen molar-refractivity contribution in [1.29, 1.82) is 5.26 Å². The van der Waals surface area contributed by atoms with E-state index in [4.69, 9.17) is 5.73 Å². The average Bonchev–Trinajstić information content (AvgIpc) is 3.28. The number of para-hydroxylation sites is 1. The summed E-state index contributed by atoms with van der Waals surface area (Å²) in [5.41, 5.74) is 8.31. The Morgan fingerprint density at radius 1 is 1.20 bits per heavy atom. The number of nitrogens with two attached hydrogens (primary N) is 1. The van der Waals surface area contributed by atoms with Gasteiger partial charge >= 0.3 is 5.82 Å². The fraction of sp³-hybridized carbons (Fsp3) is 0.150. The molecule has 0 fully saturated rings. The number of nitro groups is 1. The van der Waals surface area contributed by atoms with E-state index in [1.54, 1.807) is 29.1 Å². The Bertz CT molecular complexity index is 1250. The zero-order chi connectivity index (χ0) is 21.1. The number of fused-ring (bicyclic) bond motifs is 1. The van der Waals surface area contributed by atoms with Crippen molar-refractivity contribution in [2.75, 3.05) is 17.6 Å². The first-order valence-corrected chi connectivity index (χ1v) is 9.28. The van der Waals surface area contributed by atoms with Gasteiger partial charge in [-0.15, -0.1) is 0 Å². The minimum absolute atomic E-state index is 0.110. The maximum Gasteiger partial charge on any atom is 0.372 e. The second-order valence-corrected chi connectivity index (χ2v) is 6.57. The molecule has 1 aromatic carbocycles. The Kier molecular flexibility index (Phi) is 5.00. The lowest BCUT2D eigenvalue weighted by Gasteiger charge is -2.03. The lowest BCUT2D eigenvalue weighted by atomic mass is 10.1. The monoisotopic (exact) mass is 402 g/mol. The maximum absolute atomic E-state index is 11.5. The highest BCUT2D eigenvalue weighted by molar-refractivity contribution is 5.62. The number of rotatable bonds is 7. The number of hydrogen-bond donors (Lipinski definition) is 2. The molecule has 0 amide bonds. The summed E-state index contributed by atoms with van der Waals surface area (Å²) in [7, 11) is 0. The first kappa shape index (κ1) is 18.9. The molecule has 0 atom stereocenters.